The highest BCUT2D eigenvalue weighted by atomic mass is 35.5. The van der Waals surface area contributed by atoms with E-state index in [-0.39, 0.29) is 11.2 Å². The fourth-order valence-electron chi connectivity index (χ4n) is 3.68. The molecule has 0 radical (unpaired) electrons. The SMILES string of the molecule is CCC1(Cn2c(C(C)Cl)nc3cc(F)ccc32)CCCC1. The van der Waals surface area contributed by atoms with Crippen LogP contribution in [0.3, 0.4) is 0 Å². The molecule has 2 aromatic rings. The zero-order chi connectivity index (χ0) is 15.0. The highest BCUT2D eigenvalue weighted by molar-refractivity contribution is 6.20. The minimum atomic E-state index is -0.244. The smallest absolute Gasteiger partial charge is 0.127 e. The van der Waals surface area contributed by atoms with E-state index in [0.717, 1.165) is 17.9 Å². The van der Waals surface area contributed by atoms with Crippen molar-refractivity contribution >= 4 is 22.6 Å². The topological polar surface area (TPSA) is 17.8 Å². The number of alkyl halides is 1. The van der Waals surface area contributed by atoms with Gasteiger partial charge in [-0.15, -0.1) is 11.6 Å². The van der Waals surface area contributed by atoms with Crippen LogP contribution in [0.2, 0.25) is 0 Å². The first kappa shape index (κ1) is 14.8. The van der Waals surface area contributed by atoms with E-state index < -0.39 is 0 Å². The summed E-state index contributed by atoms with van der Waals surface area (Å²) in [5, 5.41) is -0.171. The lowest BCUT2D eigenvalue weighted by atomic mass is 9.83. The Morgan fingerprint density at radius 3 is 2.71 bits per heavy atom. The number of imidazole rings is 1. The van der Waals surface area contributed by atoms with E-state index >= 15 is 0 Å². The van der Waals surface area contributed by atoms with Crippen molar-refractivity contribution < 1.29 is 4.39 Å². The fourth-order valence-corrected chi connectivity index (χ4v) is 3.84. The highest BCUT2D eigenvalue weighted by Gasteiger charge is 2.33. The first-order chi connectivity index (χ1) is 10.0. The van der Waals surface area contributed by atoms with Crippen molar-refractivity contribution in [3.8, 4) is 0 Å². The summed E-state index contributed by atoms with van der Waals surface area (Å²) in [6.07, 6.45) is 6.31. The Hall–Kier alpha value is -1.09. The molecule has 1 heterocycles. The molecule has 1 aliphatic rings. The Morgan fingerprint density at radius 1 is 1.38 bits per heavy atom. The molecule has 0 aliphatic heterocycles. The number of hydrogen-bond acceptors (Lipinski definition) is 1. The highest BCUT2D eigenvalue weighted by Crippen LogP contribution is 2.43. The van der Waals surface area contributed by atoms with Gasteiger partial charge in [0.1, 0.15) is 11.6 Å². The molecule has 1 atom stereocenters. The van der Waals surface area contributed by atoms with Crippen LogP contribution in [0.4, 0.5) is 4.39 Å². The molecule has 0 spiro atoms. The van der Waals surface area contributed by atoms with Gasteiger partial charge in [0.15, 0.2) is 0 Å². The average Bonchev–Trinajstić information content (AvgIpc) is 3.05. The largest absolute Gasteiger partial charge is 0.326 e. The third-order valence-corrected chi connectivity index (χ3v) is 5.20. The van der Waals surface area contributed by atoms with Gasteiger partial charge in [-0.2, -0.15) is 0 Å². The van der Waals surface area contributed by atoms with Gasteiger partial charge >= 0.3 is 0 Å². The van der Waals surface area contributed by atoms with Crippen molar-refractivity contribution in [3.63, 3.8) is 0 Å². The van der Waals surface area contributed by atoms with Crippen LogP contribution in [0.25, 0.3) is 11.0 Å². The molecular weight excluding hydrogens is 287 g/mol. The van der Waals surface area contributed by atoms with E-state index in [2.05, 4.69) is 16.5 Å². The van der Waals surface area contributed by atoms with Crippen molar-refractivity contribution in [2.45, 2.75) is 57.9 Å². The van der Waals surface area contributed by atoms with E-state index in [1.807, 2.05) is 13.0 Å². The number of aromatic nitrogens is 2. The molecule has 1 unspecified atom stereocenters. The van der Waals surface area contributed by atoms with Gasteiger partial charge in [0.05, 0.1) is 16.4 Å². The Bertz CT molecular complexity index is 642. The van der Waals surface area contributed by atoms with Crippen LogP contribution in [-0.4, -0.2) is 9.55 Å². The van der Waals surface area contributed by atoms with E-state index in [9.17, 15) is 4.39 Å². The lowest BCUT2D eigenvalue weighted by Gasteiger charge is -2.29. The van der Waals surface area contributed by atoms with Gasteiger partial charge in [-0.25, -0.2) is 9.37 Å². The molecule has 1 saturated carbocycles. The van der Waals surface area contributed by atoms with Crippen LogP contribution in [0.1, 0.15) is 57.2 Å². The van der Waals surface area contributed by atoms with E-state index in [4.69, 9.17) is 11.6 Å². The van der Waals surface area contributed by atoms with Gasteiger partial charge < -0.3 is 4.57 Å². The first-order valence-corrected chi connectivity index (χ1v) is 8.28. The molecule has 1 aromatic carbocycles. The average molecular weight is 309 g/mol. The Balaban J connectivity index is 2.09. The molecular formula is C17H22ClFN2. The van der Waals surface area contributed by atoms with E-state index in [1.54, 1.807) is 0 Å². The maximum Gasteiger partial charge on any atom is 0.127 e. The normalized spacial score (nSPS) is 19.2. The summed E-state index contributed by atoms with van der Waals surface area (Å²) in [6.45, 7) is 5.15. The van der Waals surface area contributed by atoms with Gasteiger partial charge in [-0.1, -0.05) is 19.8 Å². The van der Waals surface area contributed by atoms with Crippen LogP contribution < -0.4 is 0 Å². The zero-order valence-electron chi connectivity index (χ0n) is 12.7. The molecule has 1 aliphatic carbocycles. The second-order valence-corrected chi connectivity index (χ2v) is 7.02. The lowest BCUT2D eigenvalue weighted by Crippen LogP contribution is -2.24. The Kier molecular flexibility index (Phi) is 3.96. The van der Waals surface area contributed by atoms with Gasteiger partial charge in [-0.05, 0) is 43.7 Å². The number of rotatable bonds is 4. The summed E-state index contributed by atoms with van der Waals surface area (Å²) in [4.78, 5) is 4.57. The van der Waals surface area contributed by atoms with E-state index in [0.29, 0.717) is 10.9 Å². The maximum absolute atomic E-state index is 13.4. The third-order valence-electron chi connectivity index (χ3n) is 5.00. The summed E-state index contributed by atoms with van der Waals surface area (Å²) >= 11 is 6.32. The molecule has 3 rings (SSSR count). The summed E-state index contributed by atoms with van der Waals surface area (Å²) < 4.78 is 15.7. The molecule has 0 bridgehead atoms. The van der Waals surface area contributed by atoms with Crippen LogP contribution in [-0.2, 0) is 6.54 Å². The van der Waals surface area contributed by atoms with Crippen LogP contribution in [0.15, 0.2) is 18.2 Å². The molecule has 114 valence electrons. The molecule has 0 amide bonds. The van der Waals surface area contributed by atoms with Gasteiger partial charge in [0.25, 0.3) is 0 Å². The third kappa shape index (κ3) is 2.68. The van der Waals surface area contributed by atoms with Crippen molar-refractivity contribution in [3.05, 3.63) is 29.8 Å². The standard InChI is InChI=1S/C17H22ClFN2/c1-3-17(8-4-5-9-17)11-21-15-7-6-13(19)10-14(15)20-16(21)12(2)18/h6-7,10,12H,3-5,8-9,11H2,1-2H3. The maximum atomic E-state index is 13.4. The quantitative estimate of drug-likeness (QED) is 0.687. The van der Waals surface area contributed by atoms with Crippen molar-refractivity contribution in [2.75, 3.05) is 0 Å². The van der Waals surface area contributed by atoms with Gasteiger partial charge in [0, 0.05) is 12.6 Å². The van der Waals surface area contributed by atoms with Gasteiger partial charge in [-0.3, -0.25) is 0 Å². The summed E-state index contributed by atoms with van der Waals surface area (Å²) in [6, 6.07) is 4.84. The van der Waals surface area contributed by atoms with Crippen molar-refractivity contribution in [1.29, 1.82) is 0 Å². The zero-order valence-corrected chi connectivity index (χ0v) is 13.5. The Labute approximate surface area is 130 Å². The van der Waals surface area contributed by atoms with Crippen LogP contribution >= 0.6 is 11.6 Å². The minimum Gasteiger partial charge on any atom is -0.326 e. The fraction of sp³-hybridized carbons (Fsp3) is 0.588. The first-order valence-electron chi connectivity index (χ1n) is 7.84. The molecule has 21 heavy (non-hydrogen) atoms. The number of hydrogen-bond donors (Lipinski definition) is 0. The molecule has 1 fully saturated rings. The second-order valence-electron chi connectivity index (χ2n) is 6.37. The van der Waals surface area contributed by atoms with Crippen LogP contribution in [0, 0.1) is 11.2 Å². The van der Waals surface area contributed by atoms with Gasteiger partial charge in [0.2, 0.25) is 0 Å². The van der Waals surface area contributed by atoms with E-state index in [1.165, 1.54) is 44.2 Å². The number of benzene rings is 1. The summed E-state index contributed by atoms with van der Waals surface area (Å²) in [7, 11) is 0. The minimum absolute atomic E-state index is 0.171. The Morgan fingerprint density at radius 2 is 2.10 bits per heavy atom. The predicted octanol–water partition coefficient (Wildman–Crippen LogP) is 5.45. The number of halogens is 2. The second kappa shape index (κ2) is 5.60. The molecule has 4 heteroatoms. The number of fused-ring (bicyclic) bond motifs is 1. The number of nitrogens with zero attached hydrogens (tertiary/aromatic N) is 2. The molecule has 0 saturated heterocycles. The lowest BCUT2D eigenvalue weighted by molar-refractivity contribution is 0.237. The molecule has 0 N–H and O–H groups in total. The van der Waals surface area contributed by atoms with Crippen molar-refractivity contribution in [2.24, 2.45) is 5.41 Å². The summed E-state index contributed by atoms with van der Waals surface area (Å²) in [5.74, 6) is 0.615. The van der Waals surface area contributed by atoms with Crippen LogP contribution in [0.5, 0.6) is 0 Å². The molecule has 2 nitrogen and oxygen atoms in total. The molecule has 1 aromatic heterocycles. The van der Waals surface area contributed by atoms with Crippen molar-refractivity contribution in [1.82, 2.24) is 9.55 Å². The summed E-state index contributed by atoms with van der Waals surface area (Å²) in [5.41, 5.74) is 2.06. The monoisotopic (exact) mass is 308 g/mol. The predicted molar refractivity (Wildman–Crippen MR) is 85.2 cm³/mol.